The molecule has 1 aliphatic heterocycles. The molecule has 0 amide bonds. The number of carboxylic acid groups (broad SMARTS) is 1. The summed E-state index contributed by atoms with van der Waals surface area (Å²) in [5.41, 5.74) is 0. The number of carboxylic acids is 1. The number of Topliss-reactive ketones (excluding diaryl/α,β-unsaturated/α-hetero) is 1. The van der Waals surface area contributed by atoms with Crippen molar-refractivity contribution in [2.45, 2.75) is 136 Å². The fourth-order valence-corrected chi connectivity index (χ4v) is 5.65. The van der Waals surface area contributed by atoms with Gasteiger partial charge in [-0.1, -0.05) is 71.3 Å². The molecule has 0 aromatic rings. The van der Waals surface area contributed by atoms with E-state index in [0.717, 1.165) is 19.3 Å². The van der Waals surface area contributed by atoms with E-state index in [1.807, 2.05) is 26.0 Å². The molecule has 1 N–H and O–H groups in total. The molecule has 1 heterocycles. The second kappa shape index (κ2) is 15.3. The van der Waals surface area contributed by atoms with E-state index in [0.29, 0.717) is 25.9 Å². The molecule has 1 aliphatic rings. The van der Waals surface area contributed by atoms with Crippen LogP contribution in [0.2, 0.25) is 18.1 Å². The van der Waals surface area contributed by atoms with E-state index >= 15 is 0 Å². The maximum Gasteiger partial charge on any atom is 0.303 e. The number of hydrogen-bond acceptors (Lipinski definition) is 5. The van der Waals surface area contributed by atoms with Crippen molar-refractivity contribution in [2.75, 3.05) is 6.61 Å². The molecule has 0 bridgehead atoms. The van der Waals surface area contributed by atoms with Gasteiger partial charge in [-0.2, -0.15) is 0 Å². The Morgan fingerprint density at radius 2 is 1.81 bits per heavy atom. The van der Waals surface area contributed by atoms with E-state index in [9.17, 15) is 9.59 Å². The van der Waals surface area contributed by atoms with Crippen molar-refractivity contribution in [1.29, 1.82) is 0 Å². The number of carbonyl (C=O) groups is 2. The monoisotopic (exact) mass is 538 g/mol. The Morgan fingerprint density at radius 1 is 1.14 bits per heavy atom. The van der Waals surface area contributed by atoms with Crippen molar-refractivity contribution in [2.24, 2.45) is 11.8 Å². The van der Waals surface area contributed by atoms with Crippen LogP contribution in [-0.2, 0) is 23.5 Å². The Morgan fingerprint density at radius 3 is 2.32 bits per heavy atom. The molecule has 0 aliphatic carbocycles. The Balaban J connectivity index is 3.17. The molecule has 37 heavy (non-hydrogen) atoms. The largest absolute Gasteiger partial charge is 0.481 e. The lowest BCUT2D eigenvalue weighted by Gasteiger charge is -2.39. The smallest absolute Gasteiger partial charge is 0.303 e. The van der Waals surface area contributed by atoms with E-state index in [1.165, 1.54) is 6.42 Å². The zero-order valence-electron chi connectivity index (χ0n) is 25.0. The number of hydrogen-bond donors (Lipinski definition) is 1. The Kier molecular flexibility index (Phi) is 14.0. The quantitative estimate of drug-likeness (QED) is 0.116. The van der Waals surface area contributed by atoms with Gasteiger partial charge in [-0.15, -0.1) is 0 Å². The van der Waals surface area contributed by atoms with Gasteiger partial charge in [0.25, 0.3) is 0 Å². The van der Waals surface area contributed by atoms with Gasteiger partial charge in [0.15, 0.2) is 14.1 Å². The number of ketones is 1. The number of allylic oxidation sites excluding steroid dienone is 2. The van der Waals surface area contributed by atoms with Crippen LogP contribution in [0.1, 0.15) is 99.8 Å². The lowest BCUT2D eigenvalue weighted by molar-refractivity contribution is -0.147. The molecule has 7 heteroatoms. The topological polar surface area (TPSA) is 82.1 Å². The van der Waals surface area contributed by atoms with Crippen molar-refractivity contribution < 1.29 is 28.6 Å². The van der Waals surface area contributed by atoms with Crippen LogP contribution < -0.4 is 0 Å². The van der Waals surface area contributed by atoms with Gasteiger partial charge in [0.1, 0.15) is 5.78 Å². The third kappa shape index (κ3) is 12.4. The van der Waals surface area contributed by atoms with Gasteiger partial charge >= 0.3 is 5.97 Å². The Hall–Kier alpha value is -1.28. The molecule has 0 spiro atoms. The third-order valence-corrected chi connectivity index (χ3v) is 12.2. The van der Waals surface area contributed by atoms with Crippen molar-refractivity contribution in [3.8, 4) is 0 Å². The van der Waals surface area contributed by atoms with E-state index in [4.69, 9.17) is 19.0 Å². The van der Waals surface area contributed by atoms with Crippen LogP contribution >= 0.6 is 0 Å². The highest BCUT2D eigenvalue weighted by molar-refractivity contribution is 6.74. The molecule has 0 aromatic heterocycles. The molecule has 214 valence electrons. The van der Waals surface area contributed by atoms with Crippen molar-refractivity contribution >= 4 is 20.1 Å². The van der Waals surface area contributed by atoms with Gasteiger partial charge in [-0.3, -0.25) is 9.59 Å². The summed E-state index contributed by atoms with van der Waals surface area (Å²) in [5.74, 6) is -1.73. The predicted octanol–water partition coefficient (Wildman–Crippen LogP) is 7.69. The van der Waals surface area contributed by atoms with Crippen LogP contribution in [0.4, 0.5) is 0 Å². The highest BCUT2D eigenvalue weighted by Gasteiger charge is 2.41. The lowest BCUT2D eigenvalue weighted by Crippen LogP contribution is -2.43. The van der Waals surface area contributed by atoms with E-state index in [1.54, 1.807) is 6.92 Å². The minimum absolute atomic E-state index is 0.00411. The van der Waals surface area contributed by atoms with Gasteiger partial charge in [0.05, 0.1) is 18.8 Å². The molecule has 4 atom stereocenters. The van der Waals surface area contributed by atoms with Gasteiger partial charge in [-0.05, 0) is 64.6 Å². The number of aliphatic carboxylic acids is 1. The molecule has 1 fully saturated rings. The highest BCUT2D eigenvalue weighted by atomic mass is 28.4. The third-order valence-electron chi connectivity index (χ3n) is 7.66. The molecule has 0 aromatic carbocycles. The molecule has 1 saturated heterocycles. The molecule has 6 nitrogen and oxygen atoms in total. The van der Waals surface area contributed by atoms with Gasteiger partial charge in [0, 0.05) is 18.3 Å². The first-order chi connectivity index (χ1) is 17.1. The zero-order chi connectivity index (χ0) is 28.3. The molecule has 0 saturated carbocycles. The molecule has 0 radical (unpaired) electrons. The summed E-state index contributed by atoms with van der Waals surface area (Å²) in [5, 5.41) is 8.96. The van der Waals surface area contributed by atoms with Crippen LogP contribution in [0.5, 0.6) is 0 Å². The van der Waals surface area contributed by atoms with Gasteiger partial charge in [-0.25, -0.2) is 0 Å². The van der Waals surface area contributed by atoms with Crippen molar-refractivity contribution in [3.05, 3.63) is 24.3 Å². The van der Waals surface area contributed by atoms with E-state index < -0.39 is 20.1 Å². The number of unbranched alkanes of at least 4 members (excludes halogenated alkanes) is 3. The highest BCUT2D eigenvalue weighted by Crippen LogP contribution is 2.38. The summed E-state index contributed by atoms with van der Waals surface area (Å²) in [6.07, 6.45) is 14.6. The van der Waals surface area contributed by atoms with E-state index in [2.05, 4.69) is 52.9 Å². The Labute approximate surface area is 227 Å². The number of carbonyl (C=O) groups excluding carboxylic acids is 1. The predicted molar refractivity (Wildman–Crippen MR) is 153 cm³/mol. The summed E-state index contributed by atoms with van der Waals surface area (Å²) in [6, 6.07) is 0. The summed E-state index contributed by atoms with van der Waals surface area (Å²) in [4.78, 5) is 23.6. The van der Waals surface area contributed by atoms with Crippen LogP contribution in [0.15, 0.2) is 24.3 Å². The van der Waals surface area contributed by atoms with Crippen LogP contribution in [0, 0.1) is 11.8 Å². The maximum atomic E-state index is 12.9. The number of ether oxygens (including phenoxy) is 2. The first kappa shape index (κ1) is 33.7. The standard InChI is InChI=1S/C30H54O6Si/c1-10-11-14-17-24(36-37(8,9)29(3,4)5)20-21-26(27-22-34-30(6,7)35-27)25(23(2)31)18-15-12-13-16-19-28(32)33/h12,15,20-21,24-27H,10-11,13-14,16-19,22H2,1-9H3,(H,32,33)/b15-12-,21-20+/t24?,25?,26?,27-/m1/s1. The normalized spacial score (nSPS) is 20.9. The maximum absolute atomic E-state index is 12.9. The fraction of sp³-hybridized carbons (Fsp3) is 0.800. The molecule has 1 rings (SSSR count). The number of rotatable bonds is 17. The lowest BCUT2D eigenvalue weighted by atomic mass is 9.82. The minimum atomic E-state index is -1.97. The summed E-state index contributed by atoms with van der Waals surface area (Å²) in [7, 11) is -1.97. The van der Waals surface area contributed by atoms with Crippen LogP contribution in [0.25, 0.3) is 0 Å². The van der Waals surface area contributed by atoms with Crippen LogP contribution in [-0.4, -0.2) is 49.8 Å². The first-order valence-electron chi connectivity index (χ1n) is 14.1. The summed E-state index contributed by atoms with van der Waals surface area (Å²) >= 11 is 0. The SMILES string of the molecule is CCCCCC(/C=C/C(C(C/C=C\CCCC(=O)O)C(C)=O)[C@H]1COC(C)(C)O1)O[Si](C)(C)C(C)(C)C. The van der Waals surface area contributed by atoms with Gasteiger partial charge < -0.3 is 19.0 Å². The minimum Gasteiger partial charge on any atom is -0.481 e. The van der Waals surface area contributed by atoms with Gasteiger partial charge in [0.2, 0.25) is 0 Å². The average molecular weight is 539 g/mol. The van der Waals surface area contributed by atoms with Crippen molar-refractivity contribution in [3.63, 3.8) is 0 Å². The zero-order valence-corrected chi connectivity index (χ0v) is 26.0. The average Bonchev–Trinajstić information content (AvgIpc) is 3.12. The second-order valence-corrected chi connectivity index (χ2v) is 17.2. The Bertz CT molecular complexity index is 765. The summed E-state index contributed by atoms with van der Waals surface area (Å²) < 4.78 is 19.0. The first-order valence-corrected chi connectivity index (χ1v) is 17.1. The summed E-state index contributed by atoms with van der Waals surface area (Å²) in [6.45, 7) is 19.5. The molecular weight excluding hydrogens is 484 g/mol. The van der Waals surface area contributed by atoms with Crippen LogP contribution in [0.3, 0.4) is 0 Å². The molecular formula is C30H54O6Si. The second-order valence-electron chi connectivity index (χ2n) is 12.5. The van der Waals surface area contributed by atoms with E-state index in [-0.39, 0.29) is 41.3 Å². The molecule has 3 unspecified atom stereocenters. The van der Waals surface area contributed by atoms with Crippen molar-refractivity contribution in [1.82, 2.24) is 0 Å². The fourth-order valence-electron chi connectivity index (χ4n) is 4.35.